The van der Waals surface area contributed by atoms with E-state index in [1.807, 2.05) is 26.0 Å². The molecular weight excluding hydrogens is 665 g/mol. The van der Waals surface area contributed by atoms with Gasteiger partial charge in [0.1, 0.15) is 17.1 Å². The van der Waals surface area contributed by atoms with Crippen molar-refractivity contribution in [1.29, 1.82) is 0 Å². The summed E-state index contributed by atoms with van der Waals surface area (Å²) in [6, 6.07) is 18.4. The van der Waals surface area contributed by atoms with Crippen LogP contribution >= 0.6 is 0 Å². The maximum absolute atomic E-state index is 13.6. The van der Waals surface area contributed by atoms with Crippen LogP contribution in [0.5, 0.6) is 5.75 Å². The third kappa shape index (κ3) is 12.3. The highest BCUT2D eigenvalue weighted by molar-refractivity contribution is 7.92. The smallest absolute Gasteiger partial charge is 0.294 e. The molecule has 0 saturated heterocycles. The minimum absolute atomic E-state index is 0.0236. The van der Waals surface area contributed by atoms with Crippen LogP contribution in [0.3, 0.4) is 0 Å². The minimum atomic E-state index is -4.03. The first-order chi connectivity index (χ1) is 23.1. The van der Waals surface area contributed by atoms with E-state index in [-0.39, 0.29) is 16.6 Å². The number of benzene rings is 3. The minimum Gasteiger partial charge on any atom is -0.494 e. The Morgan fingerprint density at radius 2 is 1.51 bits per heavy atom. The number of ketones is 1. The van der Waals surface area contributed by atoms with E-state index in [0.29, 0.717) is 45.7 Å². The Morgan fingerprint density at radius 1 is 0.898 bits per heavy atom. The van der Waals surface area contributed by atoms with Crippen LogP contribution in [0.1, 0.15) is 93.0 Å². The lowest BCUT2D eigenvalue weighted by Gasteiger charge is -2.21. The summed E-state index contributed by atoms with van der Waals surface area (Å²) >= 11 is 0. The number of hydrogen-bond acceptors (Lipinski definition) is 8. The van der Waals surface area contributed by atoms with E-state index in [0.717, 1.165) is 38.1 Å². The second kappa shape index (κ2) is 18.3. The fourth-order valence-electron chi connectivity index (χ4n) is 5.30. The van der Waals surface area contributed by atoms with E-state index < -0.39 is 20.1 Å². The molecule has 0 unspecified atom stereocenters. The van der Waals surface area contributed by atoms with Crippen LogP contribution < -0.4 is 9.46 Å². The fraction of sp³-hybridized carbons (Fsp3) is 0.432. The van der Waals surface area contributed by atoms with Gasteiger partial charge in [-0.25, -0.2) is 8.42 Å². The fourth-order valence-corrected chi connectivity index (χ4v) is 6.59. The lowest BCUT2D eigenvalue weighted by molar-refractivity contribution is 0.103. The van der Waals surface area contributed by atoms with Crippen molar-refractivity contribution in [2.75, 3.05) is 37.2 Å². The molecule has 0 bridgehead atoms. The van der Waals surface area contributed by atoms with E-state index in [4.69, 9.17) is 13.7 Å². The number of fused-ring (bicyclic) bond motifs is 1. The highest BCUT2D eigenvalue weighted by Gasteiger charge is 2.24. The van der Waals surface area contributed by atoms with Crippen molar-refractivity contribution in [3.63, 3.8) is 0 Å². The molecule has 1 heterocycles. The van der Waals surface area contributed by atoms with Gasteiger partial charge >= 0.3 is 0 Å². The molecule has 0 spiro atoms. The summed E-state index contributed by atoms with van der Waals surface area (Å²) in [5.74, 6) is 1.12. The largest absolute Gasteiger partial charge is 0.494 e. The molecule has 0 aliphatic carbocycles. The Morgan fingerprint density at radius 3 is 2.04 bits per heavy atom. The van der Waals surface area contributed by atoms with Crippen molar-refractivity contribution in [2.24, 2.45) is 0 Å². The molecule has 268 valence electrons. The number of carbonyl (C=O) groups excluding carboxylic acids is 1. The maximum atomic E-state index is 13.6. The SMILES string of the molecule is CCCCN(CCCC)CCCOc1ccc(C(=O)c2c(C(C)C)oc3ccc(NS(C)(=O)=O)cc23)cc1.Cc1ccccc1S(=O)(=O)O. The summed E-state index contributed by atoms with van der Waals surface area (Å²) in [5, 5.41) is 0.586. The van der Waals surface area contributed by atoms with Gasteiger partial charge in [-0.2, -0.15) is 8.42 Å². The molecule has 3 aromatic carbocycles. The topological polar surface area (TPSA) is 143 Å². The van der Waals surface area contributed by atoms with Gasteiger partial charge in [0, 0.05) is 29.1 Å². The second-order valence-electron chi connectivity index (χ2n) is 12.4. The molecule has 0 radical (unpaired) electrons. The van der Waals surface area contributed by atoms with Crippen molar-refractivity contribution < 1.29 is 35.3 Å². The predicted octanol–water partition coefficient (Wildman–Crippen LogP) is 8.07. The molecule has 1 aromatic heterocycles. The van der Waals surface area contributed by atoms with Gasteiger partial charge in [-0.15, -0.1) is 0 Å². The average Bonchev–Trinajstić information content (AvgIpc) is 3.42. The molecule has 0 aliphatic heterocycles. The number of rotatable bonds is 17. The van der Waals surface area contributed by atoms with Gasteiger partial charge in [0.15, 0.2) is 5.78 Å². The van der Waals surface area contributed by atoms with Crippen molar-refractivity contribution in [1.82, 2.24) is 4.90 Å². The van der Waals surface area contributed by atoms with Gasteiger partial charge in [-0.3, -0.25) is 14.1 Å². The zero-order chi connectivity index (χ0) is 36.2. The number of nitrogens with one attached hydrogen (secondary N) is 1. The summed E-state index contributed by atoms with van der Waals surface area (Å²) < 4.78 is 67.8. The summed E-state index contributed by atoms with van der Waals surface area (Å²) in [7, 11) is -7.48. The number of sulfonamides is 1. The number of carbonyl (C=O) groups is 1. The Kier molecular flexibility index (Phi) is 14.9. The van der Waals surface area contributed by atoms with E-state index in [9.17, 15) is 21.6 Å². The molecule has 2 N–H and O–H groups in total. The van der Waals surface area contributed by atoms with Crippen LogP contribution in [0.25, 0.3) is 11.0 Å². The normalized spacial score (nSPS) is 11.9. The summed E-state index contributed by atoms with van der Waals surface area (Å²) in [4.78, 5) is 16.1. The van der Waals surface area contributed by atoms with Crippen molar-refractivity contribution in [3.05, 3.63) is 89.2 Å². The number of aryl methyl sites for hydroxylation is 1. The number of unbranched alkanes of at least 4 members (excludes halogenated alkanes) is 2. The highest BCUT2D eigenvalue weighted by atomic mass is 32.2. The van der Waals surface area contributed by atoms with Crippen LogP contribution in [-0.2, 0) is 20.1 Å². The van der Waals surface area contributed by atoms with E-state index in [2.05, 4.69) is 23.5 Å². The molecule has 0 amide bonds. The Labute approximate surface area is 291 Å². The molecule has 10 nitrogen and oxygen atoms in total. The van der Waals surface area contributed by atoms with Gasteiger partial charge in [0.25, 0.3) is 10.1 Å². The van der Waals surface area contributed by atoms with Crippen LogP contribution in [0.4, 0.5) is 5.69 Å². The number of anilines is 1. The Hall–Kier alpha value is -3.71. The number of furan rings is 1. The van der Waals surface area contributed by atoms with Gasteiger partial charge in [0.2, 0.25) is 10.0 Å². The number of ether oxygens (including phenoxy) is 1. The number of hydrogen-bond donors (Lipinski definition) is 2. The highest BCUT2D eigenvalue weighted by Crippen LogP contribution is 2.34. The third-order valence-electron chi connectivity index (χ3n) is 7.80. The van der Waals surface area contributed by atoms with Gasteiger partial charge in [-0.1, -0.05) is 58.7 Å². The molecule has 12 heteroatoms. The van der Waals surface area contributed by atoms with E-state index >= 15 is 0 Å². The Bertz CT molecular complexity index is 1880. The van der Waals surface area contributed by atoms with Gasteiger partial charge in [0.05, 0.1) is 23.3 Å². The van der Waals surface area contributed by atoms with Crippen LogP contribution in [-0.4, -0.2) is 64.6 Å². The quantitative estimate of drug-likeness (QED) is 0.0630. The van der Waals surface area contributed by atoms with E-state index in [1.54, 1.807) is 55.5 Å². The molecule has 0 atom stereocenters. The Balaban J connectivity index is 0.000000501. The van der Waals surface area contributed by atoms with Crippen LogP contribution in [0.2, 0.25) is 0 Å². The average molecular weight is 715 g/mol. The summed E-state index contributed by atoms with van der Waals surface area (Å²) in [6.07, 6.45) is 6.90. The zero-order valence-corrected chi connectivity index (χ0v) is 31.0. The van der Waals surface area contributed by atoms with E-state index in [1.165, 1.54) is 31.7 Å². The van der Waals surface area contributed by atoms with Crippen molar-refractivity contribution in [2.45, 2.75) is 77.5 Å². The summed E-state index contributed by atoms with van der Waals surface area (Å²) in [5.41, 5.74) is 2.46. The van der Waals surface area contributed by atoms with Crippen LogP contribution in [0.15, 0.2) is 76.0 Å². The molecular formula is C37H50N2O8S2. The van der Waals surface area contributed by atoms with Crippen molar-refractivity contribution in [3.8, 4) is 5.75 Å². The maximum Gasteiger partial charge on any atom is 0.294 e. The monoisotopic (exact) mass is 714 g/mol. The molecule has 4 rings (SSSR count). The van der Waals surface area contributed by atoms with Gasteiger partial charge in [-0.05, 0) is 93.4 Å². The first-order valence-electron chi connectivity index (χ1n) is 16.7. The van der Waals surface area contributed by atoms with Crippen LogP contribution in [0, 0.1) is 6.92 Å². The molecule has 0 fully saturated rings. The second-order valence-corrected chi connectivity index (χ2v) is 15.6. The van der Waals surface area contributed by atoms with Crippen molar-refractivity contribution >= 4 is 42.6 Å². The first-order valence-corrected chi connectivity index (χ1v) is 20.0. The number of nitrogens with zero attached hydrogens (tertiary/aromatic N) is 1. The molecule has 0 saturated carbocycles. The molecule has 0 aliphatic rings. The third-order valence-corrected chi connectivity index (χ3v) is 9.42. The zero-order valence-electron chi connectivity index (χ0n) is 29.4. The summed E-state index contributed by atoms with van der Waals surface area (Å²) in [6.45, 7) is 13.9. The predicted molar refractivity (Wildman–Crippen MR) is 196 cm³/mol. The molecule has 4 aromatic rings. The van der Waals surface area contributed by atoms with Gasteiger partial charge < -0.3 is 14.1 Å². The lowest BCUT2D eigenvalue weighted by atomic mass is 9.96. The first kappa shape index (κ1) is 39.7. The lowest BCUT2D eigenvalue weighted by Crippen LogP contribution is -2.28. The standard InChI is InChI=1S/C30H42N2O5S.C7H8O3S/c1-6-8-17-32(18-9-7-2)19-10-20-36-25-14-11-23(12-15-25)29(33)28-26-21-24(31-38(5,34)35)13-16-27(26)37-30(28)22(3)4;1-6-4-2-3-5-7(6)11(8,9)10/h11-16,21-22,31H,6-10,17-20H2,1-5H3;2-5H,1H3,(H,8,9,10). The molecule has 49 heavy (non-hydrogen) atoms.